The largest absolute Gasteiger partial charge is 0.455 e. The summed E-state index contributed by atoms with van der Waals surface area (Å²) in [5, 5.41) is 4.22. The first-order chi connectivity index (χ1) is 31.0. The third-order valence-corrected chi connectivity index (χ3v) is 12.7. The molecule has 2 heterocycles. The fourth-order valence-corrected chi connectivity index (χ4v) is 9.66. The molecule has 0 N–H and O–H groups in total. The van der Waals surface area contributed by atoms with Crippen molar-refractivity contribution >= 4 is 49.8 Å². The zero-order valence-electron chi connectivity index (χ0n) is 34.8. The Hall–Kier alpha value is -8.15. The number of benzene rings is 9. The molecule has 0 aliphatic heterocycles. The van der Waals surface area contributed by atoms with E-state index in [1.807, 2.05) is 66.7 Å². The van der Waals surface area contributed by atoms with Gasteiger partial charge in [0.05, 0.1) is 0 Å². The second-order valence-electron chi connectivity index (χ2n) is 16.8. The van der Waals surface area contributed by atoms with E-state index in [4.69, 9.17) is 19.4 Å². The van der Waals surface area contributed by atoms with E-state index in [1.165, 1.54) is 22.3 Å². The molecule has 0 saturated heterocycles. The van der Waals surface area contributed by atoms with E-state index in [9.17, 15) is 0 Å². The van der Waals surface area contributed by atoms with Gasteiger partial charge in [0.25, 0.3) is 0 Å². The molecule has 0 radical (unpaired) electrons. The Morgan fingerprint density at radius 2 is 0.968 bits per heavy atom. The molecule has 0 saturated carbocycles. The standard InChI is InChI=1S/C58H40N4O/c1-58(2)49-30-15-14-28-45(49)46-33-32-43(36-50(46)58)62(41-24-10-5-11-25-41)42-26-16-23-39(34-42)48-35-40-22-12-13-27-44(40)53-52-47(29-17-31-51(52)63-54(48)53)57-60-55(37-18-6-3-7-19-37)59-56(61-57)38-20-8-4-9-21-38/h3-36H,1-2H3. The number of nitrogens with zero attached hydrogens (tertiary/aromatic N) is 4. The first kappa shape index (κ1) is 36.7. The van der Waals surface area contributed by atoms with Gasteiger partial charge in [0, 0.05) is 55.5 Å². The molecule has 2 aromatic heterocycles. The molecule has 1 aliphatic carbocycles. The summed E-state index contributed by atoms with van der Waals surface area (Å²) in [5.74, 6) is 1.82. The van der Waals surface area contributed by atoms with Crippen LogP contribution in [0.1, 0.15) is 25.0 Å². The summed E-state index contributed by atoms with van der Waals surface area (Å²) in [4.78, 5) is 17.7. The summed E-state index contributed by atoms with van der Waals surface area (Å²) >= 11 is 0. The fourth-order valence-electron chi connectivity index (χ4n) is 9.66. The van der Waals surface area contributed by atoms with Crippen LogP contribution in [-0.2, 0) is 5.41 Å². The second-order valence-corrected chi connectivity index (χ2v) is 16.8. The molecule has 12 rings (SSSR count). The first-order valence-electron chi connectivity index (χ1n) is 21.4. The molecular formula is C58H40N4O. The lowest BCUT2D eigenvalue weighted by atomic mass is 9.82. The van der Waals surface area contributed by atoms with Crippen molar-refractivity contribution in [2.24, 2.45) is 0 Å². The number of hydrogen-bond acceptors (Lipinski definition) is 5. The minimum Gasteiger partial charge on any atom is -0.455 e. The molecule has 0 bridgehead atoms. The van der Waals surface area contributed by atoms with Gasteiger partial charge in [-0.15, -0.1) is 0 Å². The summed E-state index contributed by atoms with van der Waals surface area (Å²) < 4.78 is 7.03. The number of aromatic nitrogens is 3. The number of fused-ring (bicyclic) bond motifs is 8. The van der Waals surface area contributed by atoms with Crippen LogP contribution in [0.5, 0.6) is 0 Å². The smallest absolute Gasteiger partial charge is 0.164 e. The third-order valence-electron chi connectivity index (χ3n) is 12.7. The lowest BCUT2D eigenvalue weighted by molar-refractivity contribution is 0.660. The number of anilines is 3. The molecule has 9 aromatic carbocycles. The molecule has 5 heteroatoms. The van der Waals surface area contributed by atoms with E-state index >= 15 is 0 Å². The molecule has 0 unspecified atom stereocenters. The summed E-state index contributed by atoms with van der Waals surface area (Å²) in [6, 6.07) is 72.5. The van der Waals surface area contributed by atoms with Crippen LogP contribution in [0.25, 0.3) is 89.1 Å². The summed E-state index contributed by atoms with van der Waals surface area (Å²) in [5.41, 5.74) is 14.8. The summed E-state index contributed by atoms with van der Waals surface area (Å²) in [6.45, 7) is 4.67. The van der Waals surface area contributed by atoms with Crippen LogP contribution in [-0.4, -0.2) is 15.0 Å². The van der Waals surface area contributed by atoms with Gasteiger partial charge < -0.3 is 9.32 Å². The van der Waals surface area contributed by atoms with Crippen LogP contribution >= 0.6 is 0 Å². The lowest BCUT2D eigenvalue weighted by Gasteiger charge is -2.28. The molecule has 0 fully saturated rings. The Kier molecular flexibility index (Phi) is 8.44. The van der Waals surface area contributed by atoms with Gasteiger partial charge in [0.1, 0.15) is 11.2 Å². The van der Waals surface area contributed by atoms with Crippen molar-refractivity contribution in [2.75, 3.05) is 4.90 Å². The Bertz CT molecular complexity index is 3480. The van der Waals surface area contributed by atoms with Gasteiger partial charge in [-0.3, -0.25) is 0 Å². The van der Waals surface area contributed by atoms with Crippen LogP contribution in [0.4, 0.5) is 17.1 Å². The Balaban J connectivity index is 1.06. The second kappa shape index (κ2) is 14.5. The summed E-state index contributed by atoms with van der Waals surface area (Å²) in [6.07, 6.45) is 0. The highest BCUT2D eigenvalue weighted by atomic mass is 16.3. The zero-order valence-corrected chi connectivity index (χ0v) is 34.8. The van der Waals surface area contributed by atoms with Gasteiger partial charge in [-0.25, -0.2) is 15.0 Å². The molecule has 0 atom stereocenters. The highest BCUT2D eigenvalue weighted by Gasteiger charge is 2.36. The number of hydrogen-bond donors (Lipinski definition) is 0. The van der Waals surface area contributed by atoms with Gasteiger partial charge in [-0.05, 0) is 87.1 Å². The molecule has 1 aliphatic rings. The number of para-hydroxylation sites is 1. The van der Waals surface area contributed by atoms with Gasteiger partial charge in [0.2, 0.25) is 0 Å². The van der Waals surface area contributed by atoms with E-state index in [2.05, 4.69) is 158 Å². The molecule has 63 heavy (non-hydrogen) atoms. The Morgan fingerprint density at radius 1 is 0.397 bits per heavy atom. The first-order valence-corrected chi connectivity index (χ1v) is 21.4. The van der Waals surface area contributed by atoms with Gasteiger partial charge >= 0.3 is 0 Å². The van der Waals surface area contributed by atoms with Crippen LogP contribution in [0.2, 0.25) is 0 Å². The van der Waals surface area contributed by atoms with Gasteiger partial charge in [-0.1, -0.05) is 172 Å². The minimum absolute atomic E-state index is 0.128. The predicted molar refractivity (Wildman–Crippen MR) is 259 cm³/mol. The Labute approximate surface area is 365 Å². The van der Waals surface area contributed by atoms with Crippen molar-refractivity contribution in [1.82, 2.24) is 15.0 Å². The van der Waals surface area contributed by atoms with Crippen molar-refractivity contribution in [3.63, 3.8) is 0 Å². The van der Waals surface area contributed by atoms with Crippen molar-refractivity contribution in [1.29, 1.82) is 0 Å². The van der Waals surface area contributed by atoms with E-state index in [-0.39, 0.29) is 5.41 Å². The van der Waals surface area contributed by atoms with Crippen molar-refractivity contribution < 1.29 is 4.42 Å². The van der Waals surface area contributed by atoms with Crippen molar-refractivity contribution in [2.45, 2.75) is 19.3 Å². The van der Waals surface area contributed by atoms with E-state index in [0.29, 0.717) is 17.5 Å². The number of rotatable bonds is 7. The van der Waals surface area contributed by atoms with E-state index in [0.717, 1.165) is 77.6 Å². The highest BCUT2D eigenvalue weighted by molar-refractivity contribution is 6.25. The minimum atomic E-state index is -0.128. The average Bonchev–Trinajstić information content (AvgIpc) is 3.85. The molecule has 0 spiro atoms. The van der Waals surface area contributed by atoms with E-state index in [1.54, 1.807) is 0 Å². The van der Waals surface area contributed by atoms with Crippen molar-refractivity contribution in [3.05, 3.63) is 217 Å². The number of furan rings is 1. The third kappa shape index (κ3) is 6.04. The maximum absolute atomic E-state index is 7.03. The van der Waals surface area contributed by atoms with E-state index < -0.39 is 0 Å². The molecule has 0 amide bonds. The zero-order chi connectivity index (χ0) is 42.1. The summed E-state index contributed by atoms with van der Waals surface area (Å²) in [7, 11) is 0. The van der Waals surface area contributed by atoms with Crippen LogP contribution in [0.15, 0.2) is 211 Å². The molecule has 298 valence electrons. The lowest BCUT2D eigenvalue weighted by Crippen LogP contribution is -2.16. The highest BCUT2D eigenvalue weighted by Crippen LogP contribution is 2.51. The Morgan fingerprint density at radius 3 is 1.73 bits per heavy atom. The molecular weight excluding hydrogens is 769 g/mol. The molecule has 5 nitrogen and oxygen atoms in total. The maximum atomic E-state index is 7.03. The van der Waals surface area contributed by atoms with Crippen LogP contribution < -0.4 is 4.90 Å². The van der Waals surface area contributed by atoms with Gasteiger partial charge in [-0.2, -0.15) is 0 Å². The predicted octanol–water partition coefficient (Wildman–Crippen LogP) is 15.4. The molecule has 11 aromatic rings. The average molecular weight is 809 g/mol. The maximum Gasteiger partial charge on any atom is 0.164 e. The quantitative estimate of drug-likeness (QED) is 0.160. The van der Waals surface area contributed by atoms with Crippen LogP contribution in [0, 0.1) is 0 Å². The van der Waals surface area contributed by atoms with Gasteiger partial charge in [0.15, 0.2) is 17.5 Å². The monoisotopic (exact) mass is 808 g/mol. The fraction of sp³-hybridized carbons (Fsp3) is 0.0517. The van der Waals surface area contributed by atoms with Crippen molar-refractivity contribution in [3.8, 4) is 56.4 Å². The normalized spacial score (nSPS) is 12.7. The topological polar surface area (TPSA) is 55.1 Å². The van der Waals surface area contributed by atoms with Crippen LogP contribution in [0.3, 0.4) is 0 Å². The SMILES string of the molecule is CC1(C)c2ccccc2-c2ccc(N(c3ccccc3)c3cccc(-c4cc5ccccc5c5c4oc4cccc(-c6nc(-c7ccccc7)nc(-c7ccccc7)n6)c45)c3)cc21.